The van der Waals surface area contributed by atoms with Crippen molar-refractivity contribution >= 4 is 0 Å². The highest BCUT2D eigenvalue weighted by molar-refractivity contribution is 5.75. The van der Waals surface area contributed by atoms with E-state index in [9.17, 15) is 26.3 Å². The molecule has 9 heteroatoms. The highest BCUT2D eigenvalue weighted by atomic mass is 19.4. The summed E-state index contributed by atoms with van der Waals surface area (Å²) >= 11 is 0. The first kappa shape index (κ1) is 25.6. The molecule has 0 aliphatic heterocycles. The van der Waals surface area contributed by atoms with Crippen molar-refractivity contribution < 1.29 is 42.5 Å². The van der Waals surface area contributed by atoms with Crippen molar-refractivity contribution in [2.24, 2.45) is 0 Å². The van der Waals surface area contributed by atoms with Gasteiger partial charge in [-0.25, -0.2) is 0 Å². The summed E-state index contributed by atoms with van der Waals surface area (Å²) in [4.78, 5) is 0. The first-order valence-electron chi connectivity index (χ1n) is 10.7. The van der Waals surface area contributed by atoms with Gasteiger partial charge >= 0.3 is 12.4 Å². The first-order chi connectivity index (χ1) is 16.0. The summed E-state index contributed by atoms with van der Waals surface area (Å²) in [5.41, 5.74) is 8.53. The van der Waals surface area contributed by atoms with E-state index in [-0.39, 0.29) is 6.04 Å². The molecule has 1 atom stereocenters. The van der Waals surface area contributed by atoms with E-state index in [4.69, 9.17) is 4.74 Å². The molecule has 0 saturated heterocycles. The Hall–Kier alpha value is -3.04. The van der Waals surface area contributed by atoms with Gasteiger partial charge in [-0.3, -0.25) is 0 Å². The number of hydrogen-bond donors (Lipinski definition) is 2. The molecule has 3 rings (SSSR count). The standard InChI is InChI=1S/C25H24F6N2O/c26-24(27,28)20-7-3-16(4-8-20)18-12-19(17-5-9-21(10-6-17)25(29,30)31)14-23(13-18)34-15-22(33)2-1-11-32/h3-10,12-14,22H,1-2,11,15,32-33H2/p+2/t22-/m0/s1. The molecule has 3 nitrogen and oxygen atoms in total. The predicted octanol–water partition coefficient (Wildman–Crippen LogP) is 5.07. The van der Waals surface area contributed by atoms with Gasteiger partial charge in [0.15, 0.2) is 0 Å². The average molecular weight is 484 g/mol. The fourth-order valence-corrected chi connectivity index (χ4v) is 3.45. The molecular formula is C25H26F6N2O+2. The molecule has 0 aromatic heterocycles. The van der Waals surface area contributed by atoms with Gasteiger partial charge in [-0.15, -0.1) is 0 Å². The van der Waals surface area contributed by atoms with E-state index >= 15 is 0 Å². The Morgan fingerprint density at radius 3 is 1.50 bits per heavy atom. The van der Waals surface area contributed by atoms with Crippen LogP contribution in [0.2, 0.25) is 0 Å². The van der Waals surface area contributed by atoms with Crippen LogP contribution in [0, 0.1) is 0 Å². The topological polar surface area (TPSA) is 64.5 Å². The van der Waals surface area contributed by atoms with Crippen LogP contribution in [-0.2, 0) is 12.4 Å². The summed E-state index contributed by atoms with van der Waals surface area (Å²) in [5, 5.41) is 0. The maximum Gasteiger partial charge on any atom is 0.416 e. The quantitative estimate of drug-likeness (QED) is 0.431. The van der Waals surface area contributed by atoms with Gasteiger partial charge in [-0.1, -0.05) is 24.3 Å². The molecule has 0 aliphatic rings. The number of hydrogen-bond acceptors (Lipinski definition) is 1. The summed E-state index contributed by atoms with van der Waals surface area (Å²) in [6.07, 6.45) is -7.17. The van der Waals surface area contributed by atoms with Crippen molar-refractivity contribution in [3.63, 3.8) is 0 Å². The molecule has 0 amide bonds. The van der Waals surface area contributed by atoms with Crippen LogP contribution in [0.1, 0.15) is 24.0 Å². The molecule has 3 aromatic rings. The van der Waals surface area contributed by atoms with Gasteiger partial charge in [0.2, 0.25) is 0 Å². The highest BCUT2D eigenvalue weighted by Gasteiger charge is 2.31. The summed E-state index contributed by atoms with van der Waals surface area (Å²) in [7, 11) is 0. The molecule has 34 heavy (non-hydrogen) atoms. The smallest absolute Gasteiger partial charge is 0.416 e. The molecule has 0 fully saturated rings. The first-order valence-corrected chi connectivity index (χ1v) is 10.7. The molecule has 0 heterocycles. The van der Waals surface area contributed by atoms with Gasteiger partial charge in [-0.05, 0) is 64.7 Å². The second-order valence-corrected chi connectivity index (χ2v) is 8.07. The summed E-state index contributed by atoms with van der Waals surface area (Å²) < 4.78 is 83.6. The molecular weight excluding hydrogens is 458 g/mol. The normalized spacial score (nSPS) is 13.1. The Morgan fingerprint density at radius 1 is 0.676 bits per heavy atom. The maximum absolute atomic E-state index is 12.9. The van der Waals surface area contributed by atoms with E-state index in [1.54, 1.807) is 18.2 Å². The monoisotopic (exact) mass is 484 g/mol. The lowest BCUT2D eigenvalue weighted by molar-refractivity contribution is -0.429. The second kappa shape index (κ2) is 10.5. The van der Waals surface area contributed by atoms with Crippen molar-refractivity contribution in [1.82, 2.24) is 0 Å². The zero-order chi connectivity index (χ0) is 24.9. The Labute approximate surface area is 193 Å². The van der Waals surface area contributed by atoms with E-state index in [1.807, 2.05) is 0 Å². The van der Waals surface area contributed by atoms with Crippen LogP contribution >= 0.6 is 0 Å². The molecule has 0 saturated carbocycles. The van der Waals surface area contributed by atoms with Crippen LogP contribution < -0.4 is 16.2 Å². The minimum Gasteiger partial charge on any atom is -0.487 e. The van der Waals surface area contributed by atoms with E-state index in [1.165, 1.54) is 24.3 Å². The molecule has 6 N–H and O–H groups in total. The Bertz CT molecular complexity index is 1000. The Balaban J connectivity index is 1.96. The van der Waals surface area contributed by atoms with Gasteiger partial charge in [-0.2, -0.15) is 26.3 Å². The lowest BCUT2D eigenvalue weighted by Gasteiger charge is -2.15. The predicted molar refractivity (Wildman–Crippen MR) is 116 cm³/mol. The van der Waals surface area contributed by atoms with Crippen LogP contribution in [0.5, 0.6) is 5.75 Å². The lowest BCUT2D eigenvalue weighted by atomic mass is 9.97. The van der Waals surface area contributed by atoms with E-state index in [0.717, 1.165) is 43.7 Å². The fraction of sp³-hybridized carbons (Fsp3) is 0.280. The van der Waals surface area contributed by atoms with Crippen molar-refractivity contribution in [2.75, 3.05) is 13.2 Å². The van der Waals surface area contributed by atoms with Gasteiger partial charge in [0.25, 0.3) is 0 Å². The number of alkyl halides is 6. The fourth-order valence-electron chi connectivity index (χ4n) is 3.45. The van der Waals surface area contributed by atoms with Crippen LogP contribution in [0.25, 0.3) is 22.3 Å². The maximum atomic E-state index is 12.9. The third-order valence-electron chi connectivity index (χ3n) is 5.35. The second-order valence-electron chi connectivity index (χ2n) is 8.07. The zero-order valence-corrected chi connectivity index (χ0v) is 18.3. The van der Waals surface area contributed by atoms with Crippen LogP contribution in [0.3, 0.4) is 0 Å². The minimum absolute atomic E-state index is 0.0194. The molecule has 0 aliphatic carbocycles. The van der Waals surface area contributed by atoms with E-state index in [2.05, 4.69) is 11.5 Å². The molecule has 3 aromatic carbocycles. The summed E-state index contributed by atoms with van der Waals surface area (Å²) in [6, 6.07) is 14.5. The molecule has 182 valence electrons. The highest BCUT2D eigenvalue weighted by Crippen LogP contribution is 2.36. The number of rotatable bonds is 8. The zero-order valence-electron chi connectivity index (χ0n) is 18.3. The Kier molecular flexibility index (Phi) is 7.89. The van der Waals surface area contributed by atoms with Gasteiger partial charge in [0.1, 0.15) is 18.4 Å². The lowest BCUT2D eigenvalue weighted by Crippen LogP contribution is -2.64. The largest absolute Gasteiger partial charge is 0.487 e. The van der Waals surface area contributed by atoms with Crippen molar-refractivity contribution in [3.8, 4) is 28.0 Å². The van der Waals surface area contributed by atoms with Crippen LogP contribution in [0.4, 0.5) is 26.3 Å². The molecule has 0 unspecified atom stereocenters. The van der Waals surface area contributed by atoms with Crippen molar-refractivity contribution in [3.05, 3.63) is 77.9 Å². The number of quaternary nitrogens is 2. The van der Waals surface area contributed by atoms with Crippen LogP contribution in [0.15, 0.2) is 66.7 Å². The van der Waals surface area contributed by atoms with Crippen molar-refractivity contribution in [1.29, 1.82) is 0 Å². The van der Waals surface area contributed by atoms with Gasteiger partial charge in [0, 0.05) is 12.8 Å². The summed E-state index contributed by atoms with van der Waals surface area (Å²) in [6.45, 7) is 1.11. The van der Waals surface area contributed by atoms with Gasteiger partial charge < -0.3 is 16.2 Å². The van der Waals surface area contributed by atoms with E-state index < -0.39 is 23.5 Å². The molecule has 0 bridgehead atoms. The molecule has 0 radical (unpaired) electrons. The molecule has 0 spiro atoms. The van der Waals surface area contributed by atoms with E-state index in [0.29, 0.717) is 34.6 Å². The third-order valence-corrected chi connectivity index (χ3v) is 5.35. The number of halogens is 6. The summed E-state index contributed by atoms with van der Waals surface area (Å²) in [5.74, 6) is 0.454. The minimum atomic E-state index is -4.45. The SMILES string of the molecule is [NH3+]CCC[C@H]([NH3+])COc1cc(-c2ccc(C(F)(F)F)cc2)cc(-c2ccc(C(F)(F)F)cc2)c1. The average Bonchev–Trinajstić information content (AvgIpc) is 2.80. The van der Waals surface area contributed by atoms with Gasteiger partial charge in [0.05, 0.1) is 17.7 Å². The number of benzene rings is 3. The van der Waals surface area contributed by atoms with Crippen molar-refractivity contribution in [2.45, 2.75) is 31.2 Å². The Morgan fingerprint density at radius 2 is 1.12 bits per heavy atom. The third kappa shape index (κ3) is 6.74. The number of ether oxygens (including phenoxy) is 1. The van der Waals surface area contributed by atoms with Crippen LogP contribution in [-0.4, -0.2) is 19.2 Å².